The first-order chi connectivity index (χ1) is 35.5. The molecule has 0 aliphatic heterocycles. The lowest BCUT2D eigenvalue weighted by Crippen LogP contribution is -2.35. The molecule has 428 valence electrons. The number of esters is 5. The Morgan fingerprint density at radius 2 is 0.726 bits per heavy atom. The van der Waals surface area contributed by atoms with Crippen LogP contribution in [0.15, 0.2) is 0 Å². The molecule has 0 saturated carbocycles. The average Bonchev–Trinajstić information content (AvgIpc) is 3.37. The highest BCUT2D eigenvalue weighted by Crippen LogP contribution is 2.17. The fourth-order valence-electron chi connectivity index (χ4n) is 8.40. The highest BCUT2D eigenvalue weighted by molar-refractivity contribution is 5.72. The van der Waals surface area contributed by atoms with Crippen LogP contribution in [0.5, 0.6) is 0 Å². The van der Waals surface area contributed by atoms with E-state index in [1.54, 1.807) is 0 Å². The monoisotopic (exact) mass is 1040 g/mol. The van der Waals surface area contributed by atoms with E-state index in [0.717, 1.165) is 116 Å². The van der Waals surface area contributed by atoms with Crippen molar-refractivity contribution >= 4 is 35.9 Å². The standard InChI is InChI=1S/C59H110N2O12/c1-6-10-13-16-19-21-30-37-48-68-54(62)40-33-26-23-28-35-42-56(64)70-50-53(51-71-57(65)43-36-29-24-27-34-41-55(63)69-49-38-31-22-20-17-14-11-7-2)72-58(66)45-44-52(39-32-25-18-15-12-8-3)73-59(67)60-46-47-61(5)9-4/h52-53H,6-51H2,1-5H3,(H,60,67). The first kappa shape index (κ1) is 69.6. The number of unbranched alkanes of at least 4 members (excludes halogenated alkanes) is 27. The van der Waals surface area contributed by atoms with Crippen LogP contribution in [0.1, 0.15) is 278 Å². The van der Waals surface area contributed by atoms with Crippen molar-refractivity contribution in [3.63, 3.8) is 0 Å². The van der Waals surface area contributed by atoms with Gasteiger partial charge in [-0.1, -0.05) is 188 Å². The van der Waals surface area contributed by atoms with E-state index < -0.39 is 36.2 Å². The van der Waals surface area contributed by atoms with E-state index in [4.69, 9.17) is 28.4 Å². The Hall–Kier alpha value is -3.42. The molecule has 73 heavy (non-hydrogen) atoms. The second-order valence-electron chi connectivity index (χ2n) is 20.3. The molecule has 0 fully saturated rings. The first-order valence-corrected chi connectivity index (χ1v) is 30.0. The number of hydrogen-bond acceptors (Lipinski definition) is 13. The van der Waals surface area contributed by atoms with Crippen molar-refractivity contribution in [2.45, 2.75) is 290 Å². The Morgan fingerprint density at radius 1 is 0.370 bits per heavy atom. The Morgan fingerprint density at radius 3 is 1.12 bits per heavy atom. The number of carbonyl (C=O) groups excluding carboxylic acids is 6. The van der Waals surface area contributed by atoms with Crippen LogP contribution in [-0.4, -0.2) is 106 Å². The third-order valence-electron chi connectivity index (χ3n) is 13.3. The molecule has 14 nitrogen and oxygen atoms in total. The summed E-state index contributed by atoms with van der Waals surface area (Å²) in [7, 11) is 1.98. The molecule has 0 aromatic carbocycles. The lowest BCUT2D eigenvalue weighted by molar-refractivity contribution is -0.167. The van der Waals surface area contributed by atoms with Crippen LogP contribution in [0.25, 0.3) is 0 Å². The van der Waals surface area contributed by atoms with E-state index in [0.29, 0.717) is 58.4 Å². The number of likely N-dealkylation sites (N-methyl/N-ethyl adjacent to an activating group) is 1. The predicted octanol–water partition coefficient (Wildman–Crippen LogP) is 14.4. The van der Waals surface area contributed by atoms with Crippen molar-refractivity contribution in [2.24, 2.45) is 0 Å². The van der Waals surface area contributed by atoms with Crippen LogP contribution in [0, 0.1) is 0 Å². The van der Waals surface area contributed by atoms with Crippen LogP contribution in [-0.2, 0) is 52.4 Å². The minimum absolute atomic E-state index is 0.0291. The number of nitrogens with one attached hydrogen (secondary N) is 1. The minimum atomic E-state index is -0.997. The number of carbonyl (C=O) groups is 6. The van der Waals surface area contributed by atoms with E-state index in [1.807, 2.05) is 14.0 Å². The number of nitrogens with zero attached hydrogens (tertiary/aromatic N) is 1. The molecule has 1 amide bonds. The summed E-state index contributed by atoms with van der Waals surface area (Å²) in [5, 5.41) is 2.81. The summed E-state index contributed by atoms with van der Waals surface area (Å²) in [5.41, 5.74) is 0. The number of rotatable bonds is 54. The van der Waals surface area contributed by atoms with Gasteiger partial charge in [-0.25, -0.2) is 4.79 Å². The molecule has 0 rings (SSSR count). The van der Waals surface area contributed by atoms with Gasteiger partial charge in [0.05, 0.1) is 13.2 Å². The molecular formula is C59H110N2O12. The third-order valence-corrected chi connectivity index (χ3v) is 13.3. The number of amides is 1. The zero-order valence-corrected chi connectivity index (χ0v) is 47.5. The van der Waals surface area contributed by atoms with E-state index >= 15 is 0 Å². The molecule has 1 N–H and O–H groups in total. The van der Waals surface area contributed by atoms with Gasteiger partial charge in [0.25, 0.3) is 0 Å². The van der Waals surface area contributed by atoms with Gasteiger partial charge < -0.3 is 38.6 Å². The summed E-state index contributed by atoms with van der Waals surface area (Å²) < 4.78 is 33.4. The van der Waals surface area contributed by atoms with Crippen molar-refractivity contribution in [1.82, 2.24) is 10.2 Å². The normalized spacial score (nSPS) is 11.7. The highest BCUT2D eigenvalue weighted by atomic mass is 16.6. The second-order valence-corrected chi connectivity index (χ2v) is 20.3. The van der Waals surface area contributed by atoms with Gasteiger partial charge in [0, 0.05) is 45.2 Å². The molecule has 14 heteroatoms. The van der Waals surface area contributed by atoms with E-state index in [1.165, 1.54) is 83.5 Å². The van der Waals surface area contributed by atoms with Gasteiger partial charge in [0.1, 0.15) is 19.3 Å². The van der Waals surface area contributed by atoms with Gasteiger partial charge in [0.2, 0.25) is 0 Å². The maximum atomic E-state index is 13.3. The minimum Gasteiger partial charge on any atom is -0.466 e. The molecule has 0 spiro atoms. The van der Waals surface area contributed by atoms with Gasteiger partial charge in [-0.05, 0) is 71.4 Å². The van der Waals surface area contributed by atoms with Crippen LogP contribution < -0.4 is 5.32 Å². The summed E-state index contributed by atoms with van der Waals surface area (Å²) in [6.07, 6.45) is 33.6. The molecule has 1 atom stereocenters. The fraction of sp³-hybridized carbons (Fsp3) is 0.898. The van der Waals surface area contributed by atoms with E-state index in [9.17, 15) is 28.8 Å². The summed E-state index contributed by atoms with van der Waals surface area (Å²) >= 11 is 0. The lowest BCUT2D eigenvalue weighted by Gasteiger charge is -2.21. The summed E-state index contributed by atoms with van der Waals surface area (Å²) in [4.78, 5) is 77.9. The Balaban J connectivity index is 4.93. The molecule has 0 aromatic heterocycles. The average molecular weight is 1040 g/mol. The van der Waals surface area contributed by atoms with Crippen molar-refractivity contribution in [2.75, 3.05) is 53.1 Å². The molecule has 0 heterocycles. The van der Waals surface area contributed by atoms with E-state index in [2.05, 4.69) is 31.0 Å². The zero-order chi connectivity index (χ0) is 53.7. The maximum Gasteiger partial charge on any atom is 0.407 e. The second kappa shape index (κ2) is 53.4. The summed E-state index contributed by atoms with van der Waals surface area (Å²) in [5.74, 6) is -1.72. The van der Waals surface area contributed by atoms with Gasteiger partial charge in [-0.3, -0.25) is 24.0 Å². The van der Waals surface area contributed by atoms with Crippen molar-refractivity contribution in [1.29, 1.82) is 0 Å². The number of ether oxygens (including phenoxy) is 6. The number of alkyl carbamates (subject to hydrolysis) is 1. The summed E-state index contributed by atoms with van der Waals surface area (Å²) in [6.45, 7) is 11.1. The van der Waals surface area contributed by atoms with Crippen LogP contribution in [0.4, 0.5) is 4.79 Å². The molecule has 0 aliphatic rings. The van der Waals surface area contributed by atoms with Gasteiger partial charge >= 0.3 is 35.9 Å². The Bertz CT molecular complexity index is 1270. The van der Waals surface area contributed by atoms with Gasteiger partial charge in [-0.2, -0.15) is 0 Å². The predicted molar refractivity (Wildman–Crippen MR) is 292 cm³/mol. The van der Waals surface area contributed by atoms with Gasteiger partial charge in [0.15, 0.2) is 6.10 Å². The molecule has 0 radical (unpaired) electrons. The van der Waals surface area contributed by atoms with Crippen LogP contribution >= 0.6 is 0 Å². The molecular weight excluding hydrogens is 929 g/mol. The smallest absolute Gasteiger partial charge is 0.407 e. The Labute approximate surface area is 445 Å². The van der Waals surface area contributed by atoms with E-state index in [-0.39, 0.29) is 50.8 Å². The lowest BCUT2D eigenvalue weighted by atomic mass is 10.0. The number of hydrogen-bond donors (Lipinski definition) is 1. The van der Waals surface area contributed by atoms with Gasteiger partial charge in [-0.15, -0.1) is 0 Å². The maximum absolute atomic E-state index is 13.3. The SMILES string of the molecule is CCCCCCCCCCOC(=O)CCCCCCCC(=O)OCC(COC(=O)CCCCCCCC(=O)OCCCCCCCCCC)OC(=O)CCC(CCCCCCCC)OC(=O)NCCN(C)CC. The van der Waals surface area contributed by atoms with Crippen LogP contribution in [0.3, 0.4) is 0 Å². The quantitative estimate of drug-likeness (QED) is 0.0347. The molecule has 0 aliphatic carbocycles. The van der Waals surface area contributed by atoms with Crippen molar-refractivity contribution < 1.29 is 57.2 Å². The largest absolute Gasteiger partial charge is 0.466 e. The summed E-state index contributed by atoms with van der Waals surface area (Å²) in [6, 6.07) is 0. The van der Waals surface area contributed by atoms with Crippen molar-refractivity contribution in [3.8, 4) is 0 Å². The highest BCUT2D eigenvalue weighted by Gasteiger charge is 2.22. The van der Waals surface area contributed by atoms with Crippen molar-refractivity contribution in [3.05, 3.63) is 0 Å². The topological polar surface area (TPSA) is 173 Å². The fourth-order valence-corrected chi connectivity index (χ4v) is 8.40. The van der Waals surface area contributed by atoms with Crippen LogP contribution in [0.2, 0.25) is 0 Å². The molecule has 0 aromatic rings. The zero-order valence-electron chi connectivity index (χ0n) is 47.5. The molecule has 1 unspecified atom stereocenters. The first-order valence-electron chi connectivity index (χ1n) is 30.0. The third kappa shape index (κ3) is 50.5. The molecule has 0 bridgehead atoms. The Kier molecular flexibility index (Phi) is 50.9. The molecule has 0 saturated heterocycles.